The third kappa shape index (κ3) is 6.98. The topological polar surface area (TPSA) is 104 Å². The molecule has 2 amide bonds. The monoisotopic (exact) mass is 601 g/mol. The van der Waals surface area contributed by atoms with Crippen LogP contribution in [-0.2, 0) is 9.16 Å². The minimum Gasteiger partial charge on any atom is -0.444 e. The second-order valence-electron chi connectivity index (χ2n) is 12.2. The number of nitrogens with two attached hydrogens (primary N) is 1. The van der Waals surface area contributed by atoms with E-state index in [0.717, 1.165) is 15.9 Å². The molecule has 0 bridgehead atoms. The van der Waals surface area contributed by atoms with Gasteiger partial charge in [-0.25, -0.2) is 9.78 Å². The van der Waals surface area contributed by atoms with Gasteiger partial charge in [0.1, 0.15) is 22.3 Å². The molecule has 1 aromatic heterocycles. The molecule has 0 aliphatic rings. The average Bonchev–Trinajstić information content (AvgIpc) is 3.43. The summed E-state index contributed by atoms with van der Waals surface area (Å²) in [5, 5.41) is 7.00. The van der Waals surface area contributed by atoms with Crippen molar-refractivity contribution in [1.82, 2.24) is 10.3 Å². The SMILES string of the molecule is CC(C)(C)OC(=O)N[C@@H](c1nc(C(N)=O)cs1)[C@@H](O[Si](c1ccccc1)(c1ccccc1)C(C)(C)C)c1ccccc1. The van der Waals surface area contributed by atoms with E-state index in [2.05, 4.69) is 55.3 Å². The summed E-state index contributed by atoms with van der Waals surface area (Å²) in [7, 11) is -3.11. The number of primary amides is 1. The first-order chi connectivity index (χ1) is 19.8. The maximum absolute atomic E-state index is 13.3. The van der Waals surface area contributed by atoms with Crippen molar-refractivity contribution in [3.63, 3.8) is 0 Å². The fraction of sp³-hybridized carbons (Fsp3) is 0.303. The van der Waals surface area contributed by atoms with E-state index in [4.69, 9.17) is 14.9 Å². The Bertz CT molecular complexity index is 1440. The van der Waals surface area contributed by atoms with E-state index in [0.29, 0.717) is 5.01 Å². The molecular formula is C33H39N3O4SSi. The predicted octanol–water partition coefficient (Wildman–Crippen LogP) is 6.13. The minimum atomic E-state index is -3.11. The maximum atomic E-state index is 13.3. The van der Waals surface area contributed by atoms with Gasteiger partial charge >= 0.3 is 6.09 Å². The van der Waals surface area contributed by atoms with Gasteiger partial charge in [0.25, 0.3) is 14.2 Å². The number of aromatic nitrogens is 1. The molecule has 9 heteroatoms. The highest BCUT2D eigenvalue weighted by Crippen LogP contribution is 2.44. The highest BCUT2D eigenvalue weighted by atomic mass is 32.1. The number of nitrogens with zero attached hydrogens (tertiary/aromatic N) is 1. The van der Waals surface area contributed by atoms with Crippen LogP contribution in [0.4, 0.5) is 4.79 Å². The molecule has 0 fully saturated rings. The number of amides is 2. The van der Waals surface area contributed by atoms with Crippen LogP contribution < -0.4 is 21.4 Å². The highest BCUT2D eigenvalue weighted by Gasteiger charge is 2.53. The Morgan fingerprint density at radius 1 is 0.833 bits per heavy atom. The first kappa shape index (κ1) is 31.1. The standard InChI is InChI=1S/C33H39N3O4SSi/c1-32(2,3)39-31(38)36-27(30-35-26(22-41-30)29(34)37)28(23-16-10-7-11-17-23)40-42(33(4,5)6,24-18-12-8-13-19-24)25-20-14-9-15-21-25/h7-22,27-28H,1-6H3,(H2,34,37)(H,36,38)/t27-,28+/m1/s1. The van der Waals surface area contributed by atoms with E-state index in [9.17, 15) is 9.59 Å². The number of alkyl carbamates (subject to hydrolysis) is 1. The molecule has 0 aliphatic heterocycles. The fourth-order valence-electron chi connectivity index (χ4n) is 5.10. The molecule has 1 heterocycles. The molecule has 0 saturated carbocycles. The van der Waals surface area contributed by atoms with Crippen LogP contribution in [0.1, 0.15) is 74.7 Å². The molecule has 0 spiro atoms. The molecule has 0 aliphatic carbocycles. The van der Waals surface area contributed by atoms with Crippen LogP contribution in [-0.4, -0.2) is 30.9 Å². The lowest BCUT2D eigenvalue weighted by atomic mass is 10.0. The number of benzene rings is 3. The van der Waals surface area contributed by atoms with Gasteiger partial charge in [-0.05, 0) is 41.7 Å². The summed E-state index contributed by atoms with van der Waals surface area (Å²) in [4.78, 5) is 29.9. The quantitative estimate of drug-likeness (QED) is 0.225. The van der Waals surface area contributed by atoms with Crippen LogP contribution in [0.3, 0.4) is 0 Å². The summed E-state index contributed by atoms with van der Waals surface area (Å²) in [6.45, 7) is 12.0. The van der Waals surface area contributed by atoms with E-state index in [1.165, 1.54) is 11.3 Å². The zero-order valence-electron chi connectivity index (χ0n) is 25.0. The molecule has 3 N–H and O–H groups in total. The minimum absolute atomic E-state index is 0.128. The summed E-state index contributed by atoms with van der Waals surface area (Å²) in [6, 6.07) is 29.6. The summed E-state index contributed by atoms with van der Waals surface area (Å²) in [5.74, 6) is -0.641. The van der Waals surface area contributed by atoms with E-state index in [1.807, 2.05) is 87.5 Å². The Balaban J connectivity index is 1.97. The first-order valence-corrected chi connectivity index (χ1v) is 16.7. The van der Waals surface area contributed by atoms with E-state index >= 15 is 0 Å². The molecule has 220 valence electrons. The van der Waals surface area contributed by atoms with Crippen molar-refractivity contribution >= 4 is 42.0 Å². The Morgan fingerprint density at radius 2 is 1.33 bits per heavy atom. The van der Waals surface area contributed by atoms with Crippen LogP contribution in [0.5, 0.6) is 0 Å². The third-order valence-corrected chi connectivity index (χ3v) is 12.8. The summed E-state index contributed by atoms with van der Waals surface area (Å²) < 4.78 is 13.3. The molecule has 42 heavy (non-hydrogen) atoms. The van der Waals surface area contributed by atoms with Crippen molar-refractivity contribution in [1.29, 1.82) is 0 Å². The number of hydrogen-bond donors (Lipinski definition) is 2. The van der Waals surface area contributed by atoms with Crippen molar-refractivity contribution in [2.45, 2.75) is 64.3 Å². The zero-order chi connectivity index (χ0) is 30.5. The predicted molar refractivity (Wildman–Crippen MR) is 171 cm³/mol. The molecule has 2 atom stereocenters. The van der Waals surface area contributed by atoms with Gasteiger partial charge < -0.3 is 20.2 Å². The van der Waals surface area contributed by atoms with Gasteiger partial charge in [-0.15, -0.1) is 11.3 Å². The van der Waals surface area contributed by atoms with Crippen LogP contribution >= 0.6 is 11.3 Å². The van der Waals surface area contributed by atoms with Crippen LogP contribution in [0.25, 0.3) is 0 Å². The van der Waals surface area contributed by atoms with Crippen molar-refractivity contribution < 1.29 is 18.8 Å². The average molecular weight is 602 g/mol. The molecule has 4 aromatic rings. The molecule has 0 radical (unpaired) electrons. The highest BCUT2D eigenvalue weighted by molar-refractivity contribution is 7.10. The van der Waals surface area contributed by atoms with Gasteiger partial charge in [-0.1, -0.05) is 112 Å². The molecule has 0 saturated heterocycles. The summed E-state index contributed by atoms with van der Waals surface area (Å²) >= 11 is 1.25. The van der Waals surface area contributed by atoms with Crippen LogP contribution in [0.2, 0.25) is 5.04 Å². The second kappa shape index (κ2) is 12.6. The summed E-state index contributed by atoms with van der Waals surface area (Å²) in [6.07, 6.45) is -1.31. The van der Waals surface area contributed by atoms with Gasteiger partial charge in [0.15, 0.2) is 0 Å². The van der Waals surface area contributed by atoms with Crippen molar-refractivity contribution in [2.75, 3.05) is 0 Å². The van der Waals surface area contributed by atoms with Gasteiger partial charge in [-0.2, -0.15) is 0 Å². The van der Waals surface area contributed by atoms with Gasteiger partial charge in [0, 0.05) is 5.38 Å². The zero-order valence-corrected chi connectivity index (χ0v) is 26.8. The number of thiazole rings is 1. The number of carbonyl (C=O) groups is 2. The lowest BCUT2D eigenvalue weighted by Gasteiger charge is -2.46. The van der Waals surface area contributed by atoms with E-state index in [-0.39, 0.29) is 10.7 Å². The Labute approximate surface area is 253 Å². The van der Waals surface area contributed by atoms with Gasteiger partial charge in [0.05, 0.1) is 6.10 Å². The molecule has 0 unspecified atom stereocenters. The van der Waals surface area contributed by atoms with E-state index < -0.39 is 38.1 Å². The number of nitrogens with one attached hydrogen (secondary N) is 1. The maximum Gasteiger partial charge on any atom is 0.408 e. The lowest BCUT2D eigenvalue weighted by molar-refractivity contribution is 0.0434. The Kier molecular flexibility index (Phi) is 9.35. The third-order valence-electron chi connectivity index (χ3n) is 6.86. The molecule has 3 aromatic carbocycles. The van der Waals surface area contributed by atoms with E-state index in [1.54, 1.807) is 5.38 Å². The molecule has 4 rings (SSSR count). The number of hydrogen-bond acceptors (Lipinski definition) is 6. The van der Waals surface area contributed by atoms with Crippen molar-refractivity contribution in [3.8, 4) is 0 Å². The van der Waals surface area contributed by atoms with Crippen LogP contribution in [0, 0.1) is 0 Å². The van der Waals surface area contributed by atoms with Gasteiger partial charge in [-0.3, -0.25) is 4.79 Å². The van der Waals surface area contributed by atoms with Gasteiger partial charge in [0.2, 0.25) is 0 Å². The fourth-order valence-corrected chi connectivity index (χ4v) is 10.6. The lowest BCUT2D eigenvalue weighted by Crippen LogP contribution is -2.67. The normalized spacial score (nSPS) is 13.7. The number of ether oxygens (including phenoxy) is 1. The second-order valence-corrected chi connectivity index (χ2v) is 17.3. The Morgan fingerprint density at radius 3 is 1.76 bits per heavy atom. The van der Waals surface area contributed by atoms with Crippen molar-refractivity contribution in [2.24, 2.45) is 5.73 Å². The molecule has 7 nitrogen and oxygen atoms in total. The Hall–Kier alpha value is -3.79. The smallest absolute Gasteiger partial charge is 0.408 e. The van der Waals surface area contributed by atoms with Crippen LogP contribution in [0.15, 0.2) is 96.4 Å². The first-order valence-electron chi connectivity index (χ1n) is 13.9. The summed E-state index contributed by atoms with van der Waals surface area (Å²) in [5.41, 5.74) is 5.83. The number of rotatable bonds is 9. The largest absolute Gasteiger partial charge is 0.444 e. The molecular weight excluding hydrogens is 563 g/mol. The number of carbonyl (C=O) groups excluding carboxylic acids is 2. The van der Waals surface area contributed by atoms with Crippen molar-refractivity contribution in [3.05, 3.63) is 113 Å².